The second-order valence-corrected chi connectivity index (χ2v) is 7.32. The van der Waals surface area contributed by atoms with Gasteiger partial charge in [-0.3, -0.25) is 4.79 Å². The second-order valence-electron chi connectivity index (χ2n) is 5.10. The molecule has 2 rings (SSSR count). The highest BCUT2D eigenvalue weighted by Crippen LogP contribution is 2.34. The van der Waals surface area contributed by atoms with Crippen LogP contribution in [0.1, 0.15) is 42.1 Å². The molecule has 2 atom stereocenters. The standard InChI is InChI=1S/C14H18O3S/c1-10(12-7-8-18(16,17)9-12)13-5-3-4-6-14(13)11(2)15/h3-6,10,12H,7-9H2,1-2H3. The molecule has 18 heavy (non-hydrogen) atoms. The number of Topliss-reactive ketones (excluding diaryl/α,β-unsaturated/α-hetero) is 1. The highest BCUT2D eigenvalue weighted by Gasteiger charge is 2.33. The maximum atomic E-state index is 11.6. The summed E-state index contributed by atoms with van der Waals surface area (Å²) in [7, 11) is -2.87. The van der Waals surface area contributed by atoms with Crippen LogP contribution in [0.5, 0.6) is 0 Å². The lowest BCUT2D eigenvalue weighted by atomic mass is 9.84. The molecule has 1 aromatic carbocycles. The fraction of sp³-hybridized carbons (Fsp3) is 0.500. The molecule has 1 aliphatic heterocycles. The van der Waals surface area contributed by atoms with Crippen molar-refractivity contribution in [1.82, 2.24) is 0 Å². The summed E-state index contributed by atoms with van der Waals surface area (Å²) in [6.07, 6.45) is 0.704. The molecule has 2 unspecified atom stereocenters. The molecule has 0 N–H and O–H groups in total. The van der Waals surface area contributed by atoms with Gasteiger partial charge in [-0.05, 0) is 30.7 Å². The minimum Gasteiger partial charge on any atom is -0.295 e. The fourth-order valence-corrected chi connectivity index (χ4v) is 4.62. The smallest absolute Gasteiger partial charge is 0.160 e. The first kappa shape index (κ1) is 13.3. The molecule has 98 valence electrons. The van der Waals surface area contributed by atoms with Crippen LogP contribution in [0.2, 0.25) is 0 Å². The Hall–Kier alpha value is -1.16. The monoisotopic (exact) mass is 266 g/mol. The van der Waals surface area contributed by atoms with Crippen molar-refractivity contribution in [2.24, 2.45) is 5.92 Å². The Morgan fingerprint density at radius 1 is 1.33 bits per heavy atom. The van der Waals surface area contributed by atoms with Crippen LogP contribution in [0.15, 0.2) is 24.3 Å². The molecular formula is C14H18O3S. The predicted molar refractivity (Wildman–Crippen MR) is 71.6 cm³/mol. The lowest BCUT2D eigenvalue weighted by Gasteiger charge is -2.20. The second kappa shape index (κ2) is 4.84. The summed E-state index contributed by atoms with van der Waals surface area (Å²) in [5.41, 5.74) is 1.70. The van der Waals surface area contributed by atoms with Crippen molar-refractivity contribution in [1.29, 1.82) is 0 Å². The van der Waals surface area contributed by atoms with Crippen molar-refractivity contribution < 1.29 is 13.2 Å². The summed E-state index contributed by atoms with van der Waals surface area (Å²) in [5.74, 6) is 0.821. The van der Waals surface area contributed by atoms with Gasteiger partial charge in [0.2, 0.25) is 0 Å². The van der Waals surface area contributed by atoms with E-state index in [-0.39, 0.29) is 29.1 Å². The number of rotatable bonds is 3. The summed E-state index contributed by atoms with van der Waals surface area (Å²) in [4.78, 5) is 11.6. The molecule has 1 heterocycles. The number of hydrogen-bond donors (Lipinski definition) is 0. The van der Waals surface area contributed by atoms with Gasteiger partial charge < -0.3 is 0 Å². The zero-order valence-corrected chi connectivity index (χ0v) is 11.5. The highest BCUT2D eigenvalue weighted by atomic mass is 32.2. The third-order valence-corrected chi connectivity index (χ3v) is 5.60. The first-order chi connectivity index (χ1) is 8.41. The molecule has 0 aliphatic carbocycles. The van der Waals surface area contributed by atoms with Crippen LogP contribution < -0.4 is 0 Å². The van der Waals surface area contributed by atoms with Gasteiger partial charge in [-0.1, -0.05) is 31.2 Å². The molecule has 0 radical (unpaired) electrons. The van der Waals surface area contributed by atoms with Crippen LogP contribution >= 0.6 is 0 Å². The van der Waals surface area contributed by atoms with Gasteiger partial charge in [0.05, 0.1) is 11.5 Å². The maximum Gasteiger partial charge on any atom is 0.160 e. The first-order valence-corrected chi connectivity index (χ1v) is 8.03. The van der Waals surface area contributed by atoms with Crippen molar-refractivity contribution >= 4 is 15.6 Å². The summed E-state index contributed by atoms with van der Waals surface area (Å²) >= 11 is 0. The Bertz CT molecular complexity index is 560. The zero-order chi connectivity index (χ0) is 13.3. The number of ketones is 1. The van der Waals surface area contributed by atoms with Gasteiger partial charge in [-0.2, -0.15) is 0 Å². The van der Waals surface area contributed by atoms with E-state index in [1.165, 1.54) is 0 Å². The average molecular weight is 266 g/mol. The Labute approximate surface area is 108 Å². The molecule has 1 fully saturated rings. The van der Waals surface area contributed by atoms with Crippen LogP contribution in [0.25, 0.3) is 0 Å². The third-order valence-electron chi connectivity index (χ3n) is 3.81. The SMILES string of the molecule is CC(=O)c1ccccc1C(C)C1CCS(=O)(=O)C1. The van der Waals surface area contributed by atoms with E-state index in [1.54, 1.807) is 6.92 Å². The van der Waals surface area contributed by atoms with E-state index in [2.05, 4.69) is 0 Å². The van der Waals surface area contributed by atoms with Crippen LogP contribution in [-0.2, 0) is 9.84 Å². The van der Waals surface area contributed by atoms with E-state index < -0.39 is 9.84 Å². The van der Waals surface area contributed by atoms with Crippen molar-refractivity contribution in [3.63, 3.8) is 0 Å². The molecule has 1 aromatic rings. The van der Waals surface area contributed by atoms with E-state index in [9.17, 15) is 13.2 Å². The van der Waals surface area contributed by atoms with E-state index in [4.69, 9.17) is 0 Å². The van der Waals surface area contributed by atoms with Crippen molar-refractivity contribution in [2.75, 3.05) is 11.5 Å². The number of sulfone groups is 1. The summed E-state index contributed by atoms with van der Waals surface area (Å²) in [6, 6.07) is 7.50. The Morgan fingerprint density at radius 3 is 2.56 bits per heavy atom. The molecule has 3 nitrogen and oxygen atoms in total. The Morgan fingerprint density at radius 2 is 2.00 bits per heavy atom. The number of carbonyl (C=O) groups is 1. The van der Waals surface area contributed by atoms with E-state index in [1.807, 2.05) is 31.2 Å². The molecule has 0 aromatic heterocycles. The van der Waals surface area contributed by atoms with E-state index >= 15 is 0 Å². The largest absolute Gasteiger partial charge is 0.295 e. The van der Waals surface area contributed by atoms with E-state index in [0.29, 0.717) is 12.0 Å². The van der Waals surface area contributed by atoms with Crippen LogP contribution in [0.3, 0.4) is 0 Å². The average Bonchev–Trinajstić information content (AvgIpc) is 2.68. The molecule has 1 aliphatic rings. The summed E-state index contributed by atoms with van der Waals surface area (Å²) in [6.45, 7) is 3.57. The van der Waals surface area contributed by atoms with Gasteiger partial charge in [0.25, 0.3) is 0 Å². The first-order valence-electron chi connectivity index (χ1n) is 6.21. The van der Waals surface area contributed by atoms with Crippen molar-refractivity contribution in [2.45, 2.75) is 26.2 Å². The minimum atomic E-state index is -2.87. The van der Waals surface area contributed by atoms with Crippen molar-refractivity contribution in [3.8, 4) is 0 Å². The molecular weight excluding hydrogens is 248 g/mol. The minimum absolute atomic E-state index is 0.0401. The highest BCUT2D eigenvalue weighted by molar-refractivity contribution is 7.91. The Kier molecular flexibility index (Phi) is 3.57. The molecule has 4 heteroatoms. The van der Waals surface area contributed by atoms with Crippen LogP contribution in [-0.4, -0.2) is 25.7 Å². The van der Waals surface area contributed by atoms with Gasteiger partial charge in [0.1, 0.15) is 0 Å². The number of benzene rings is 1. The van der Waals surface area contributed by atoms with Crippen LogP contribution in [0.4, 0.5) is 0 Å². The fourth-order valence-electron chi connectivity index (χ4n) is 2.69. The predicted octanol–water partition coefficient (Wildman–Crippen LogP) is 2.43. The van der Waals surface area contributed by atoms with Gasteiger partial charge in [-0.25, -0.2) is 8.42 Å². The molecule has 0 saturated carbocycles. The quantitative estimate of drug-likeness (QED) is 0.789. The van der Waals surface area contributed by atoms with Crippen molar-refractivity contribution in [3.05, 3.63) is 35.4 Å². The normalized spacial score (nSPS) is 23.8. The molecule has 0 amide bonds. The van der Waals surface area contributed by atoms with Gasteiger partial charge >= 0.3 is 0 Å². The summed E-state index contributed by atoms with van der Waals surface area (Å²) < 4.78 is 23.1. The van der Waals surface area contributed by atoms with E-state index in [0.717, 1.165) is 5.56 Å². The van der Waals surface area contributed by atoms with Gasteiger partial charge in [0, 0.05) is 5.56 Å². The topological polar surface area (TPSA) is 51.2 Å². The van der Waals surface area contributed by atoms with Gasteiger partial charge in [0.15, 0.2) is 15.6 Å². The molecule has 0 bridgehead atoms. The third kappa shape index (κ3) is 2.64. The summed E-state index contributed by atoms with van der Waals surface area (Å²) in [5, 5.41) is 0. The lowest BCUT2D eigenvalue weighted by molar-refractivity contribution is 0.101. The maximum absolute atomic E-state index is 11.6. The van der Waals surface area contributed by atoms with Gasteiger partial charge in [-0.15, -0.1) is 0 Å². The number of hydrogen-bond acceptors (Lipinski definition) is 3. The number of carbonyl (C=O) groups excluding carboxylic acids is 1. The zero-order valence-electron chi connectivity index (χ0n) is 10.7. The lowest BCUT2D eigenvalue weighted by Crippen LogP contribution is -2.14. The van der Waals surface area contributed by atoms with Crippen LogP contribution in [0, 0.1) is 5.92 Å². The molecule has 1 saturated heterocycles. The molecule has 0 spiro atoms. The Balaban J connectivity index is 2.30.